The molecule has 0 heteroatoms. The molecule has 0 radical (unpaired) electrons. The zero-order chi connectivity index (χ0) is 33.0. The third kappa shape index (κ3) is 4.54. The Balaban J connectivity index is 1.15. The van der Waals surface area contributed by atoms with E-state index >= 15 is 0 Å². The largest absolute Gasteiger partial charge is 0.0622 e. The van der Waals surface area contributed by atoms with Crippen LogP contribution in [0.15, 0.2) is 194 Å². The Morgan fingerprint density at radius 1 is 0.200 bits per heavy atom. The summed E-state index contributed by atoms with van der Waals surface area (Å²) in [5.74, 6) is 0. The Labute approximate surface area is 291 Å². The quantitative estimate of drug-likeness (QED) is 0.134. The molecule has 0 spiro atoms. The van der Waals surface area contributed by atoms with Crippen molar-refractivity contribution in [2.24, 2.45) is 0 Å². The second-order valence-electron chi connectivity index (χ2n) is 13.2. The van der Waals surface area contributed by atoms with Gasteiger partial charge >= 0.3 is 0 Å². The van der Waals surface area contributed by atoms with Crippen LogP contribution in [0.1, 0.15) is 0 Å². The Morgan fingerprint density at radius 2 is 0.680 bits per heavy atom. The lowest BCUT2D eigenvalue weighted by atomic mass is 9.85. The van der Waals surface area contributed by atoms with Crippen LogP contribution in [-0.2, 0) is 0 Å². The molecule has 0 amide bonds. The summed E-state index contributed by atoms with van der Waals surface area (Å²) in [6.07, 6.45) is 0. The highest BCUT2D eigenvalue weighted by molar-refractivity contribution is 6.22. The molecule has 0 saturated heterocycles. The predicted octanol–water partition coefficient (Wildman–Crippen LogP) is 14.1. The summed E-state index contributed by atoms with van der Waals surface area (Å²) < 4.78 is 0. The van der Waals surface area contributed by atoms with Crippen molar-refractivity contribution in [1.82, 2.24) is 0 Å². The normalized spacial score (nSPS) is 11.6. The van der Waals surface area contributed by atoms with E-state index in [9.17, 15) is 0 Å². The third-order valence-electron chi connectivity index (χ3n) is 10.4. The minimum Gasteiger partial charge on any atom is -0.0622 e. The summed E-state index contributed by atoms with van der Waals surface area (Å²) >= 11 is 0. The summed E-state index contributed by atoms with van der Waals surface area (Å²) in [4.78, 5) is 0. The van der Waals surface area contributed by atoms with Crippen LogP contribution in [-0.4, -0.2) is 0 Å². The highest BCUT2D eigenvalue weighted by Gasteiger charge is 2.17. The van der Waals surface area contributed by atoms with Crippen LogP contribution in [0.5, 0.6) is 0 Å². The molecule has 0 aliphatic carbocycles. The van der Waals surface area contributed by atoms with E-state index in [0.717, 1.165) is 0 Å². The lowest BCUT2D eigenvalue weighted by Gasteiger charge is -2.18. The van der Waals surface area contributed by atoms with E-state index in [-0.39, 0.29) is 0 Å². The molecule has 10 aromatic rings. The molecule has 0 unspecified atom stereocenters. The number of rotatable bonds is 4. The molecular weight excluding hydrogens is 601 g/mol. The standard InChI is InChI=1S/C50H32/c1-2-14-36(15-3-1)49-43-20-8-10-22-45(43)50(46-23-11-9-21-44(46)49)38-30-29-37-31-47(41-18-6-7-19-42(41)48(37)32-38)35-27-25-34(26-28-35)40-24-12-16-33-13-4-5-17-39(33)40/h1-32H. The SMILES string of the molecule is c1ccc(-c2c3ccccc3c(-c3ccc4cc(-c5ccc(-c6cccc7ccccc67)cc5)c5ccccc5c4c3)c3ccccc23)cc1. The average molecular weight is 633 g/mol. The van der Waals surface area contributed by atoms with Gasteiger partial charge in [-0.1, -0.05) is 182 Å². The van der Waals surface area contributed by atoms with Crippen molar-refractivity contribution in [3.63, 3.8) is 0 Å². The fourth-order valence-electron chi connectivity index (χ4n) is 8.16. The monoisotopic (exact) mass is 632 g/mol. The maximum absolute atomic E-state index is 2.42. The van der Waals surface area contributed by atoms with E-state index in [2.05, 4.69) is 194 Å². The molecule has 232 valence electrons. The minimum atomic E-state index is 1.23. The van der Waals surface area contributed by atoms with Gasteiger partial charge in [-0.15, -0.1) is 0 Å². The number of hydrogen-bond donors (Lipinski definition) is 0. The van der Waals surface area contributed by atoms with Crippen molar-refractivity contribution >= 4 is 53.9 Å². The van der Waals surface area contributed by atoms with E-state index in [1.165, 1.54) is 98.4 Å². The maximum atomic E-state index is 2.42. The summed E-state index contributed by atoms with van der Waals surface area (Å²) in [6, 6.07) is 71.2. The van der Waals surface area contributed by atoms with Gasteiger partial charge in [-0.05, 0) is 111 Å². The molecule has 0 aliphatic heterocycles. The number of hydrogen-bond acceptors (Lipinski definition) is 0. The molecule has 0 aliphatic rings. The van der Waals surface area contributed by atoms with Crippen LogP contribution >= 0.6 is 0 Å². The lowest BCUT2D eigenvalue weighted by Crippen LogP contribution is -1.91. The van der Waals surface area contributed by atoms with Crippen LogP contribution in [0.4, 0.5) is 0 Å². The van der Waals surface area contributed by atoms with Crippen LogP contribution in [0.25, 0.3) is 98.4 Å². The fraction of sp³-hybridized carbons (Fsp3) is 0. The van der Waals surface area contributed by atoms with Crippen molar-refractivity contribution < 1.29 is 0 Å². The van der Waals surface area contributed by atoms with Gasteiger partial charge in [0.1, 0.15) is 0 Å². The van der Waals surface area contributed by atoms with Crippen LogP contribution in [0.3, 0.4) is 0 Å². The molecule has 0 atom stereocenters. The van der Waals surface area contributed by atoms with E-state index in [1.807, 2.05) is 0 Å². The van der Waals surface area contributed by atoms with Gasteiger partial charge in [0, 0.05) is 0 Å². The summed E-state index contributed by atoms with van der Waals surface area (Å²) in [5, 5.41) is 12.7. The molecule has 10 rings (SSSR count). The first-order valence-electron chi connectivity index (χ1n) is 17.4. The van der Waals surface area contributed by atoms with Crippen molar-refractivity contribution in [2.75, 3.05) is 0 Å². The smallest absolute Gasteiger partial charge is 0.00261 e. The van der Waals surface area contributed by atoms with Crippen molar-refractivity contribution in [3.8, 4) is 44.5 Å². The Morgan fingerprint density at radius 3 is 1.34 bits per heavy atom. The topological polar surface area (TPSA) is 0 Å². The summed E-state index contributed by atoms with van der Waals surface area (Å²) in [7, 11) is 0. The Kier molecular flexibility index (Phi) is 6.60. The van der Waals surface area contributed by atoms with Gasteiger partial charge in [-0.3, -0.25) is 0 Å². The highest BCUT2D eigenvalue weighted by atomic mass is 14.2. The number of fused-ring (bicyclic) bond motifs is 6. The highest BCUT2D eigenvalue weighted by Crippen LogP contribution is 2.45. The zero-order valence-electron chi connectivity index (χ0n) is 27.5. The Bertz CT molecular complexity index is 2830. The van der Waals surface area contributed by atoms with Gasteiger partial charge in [0.05, 0.1) is 0 Å². The van der Waals surface area contributed by atoms with Gasteiger partial charge in [0.15, 0.2) is 0 Å². The number of benzene rings is 10. The molecular formula is C50H32. The molecule has 0 N–H and O–H groups in total. The van der Waals surface area contributed by atoms with Crippen LogP contribution in [0.2, 0.25) is 0 Å². The van der Waals surface area contributed by atoms with Crippen LogP contribution in [0, 0.1) is 0 Å². The van der Waals surface area contributed by atoms with E-state index in [0.29, 0.717) is 0 Å². The molecule has 0 aromatic heterocycles. The predicted molar refractivity (Wildman–Crippen MR) is 216 cm³/mol. The molecule has 0 fully saturated rings. The molecule has 50 heavy (non-hydrogen) atoms. The van der Waals surface area contributed by atoms with Crippen LogP contribution < -0.4 is 0 Å². The van der Waals surface area contributed by atoms with E-state index < -0.39 is 0 Å². The minimum absolute atomic E-state index is 1.23. The van der Waals surface area contributed by atoms with E-state index in [1.54, 1.807) is 0 Å². The first kappa shape index (κ1) is 28.5. The molecule has 0 heterocycles. The van der Waals surface area contributed by atoms with E-state index in [4.69, 9.17) is 0 Å². The molecule has 0 saturated carbocycles. The third-order valence-corrected chi connectivity index (χ3v) is 10.4. The first-order chi connectivity index (χ1) is 24.8. The average Bonchev–Trinajstić information content (AvgIpc) is 3.19. The van der Waals surface area contributed by atoms with Crippen molar-refractivity contribution in [3.05, 3.63) is 194 Å². The summed E-state index contributed by atoms with van der Waals surface area (Å²) in [6.45, 7) is 0. The van der Waals surface area contributed by atoms with Gasteiger partial charge < -0.3 is 0 Å². The van der Waals surface area contributed by atoms with Gasteiger partial charge in [0.25, 0.3) is 0 Å². The van der Waals surface area contributed by atoms with Gasteiger partial charge in [-0.2, -0.15) is 0 Å². The Hall–Kier alpha value is -6.50. The molecule has 0 nitrogen and oxygen atoms in total. The maximum Gasteiger partial charge on any atom is -0.00261 e. The van der Waals surface area contributed by atoms with Crippen molar-refractivity contribution in [1.29, 1.82) is 0 Å². The molecule has 0 bridgehead atoms. The molecule has 10 aromatic carbocycles. The fourth-order valence-corrected chi connectivity index (χ4v) is 8.16. The zero-order valence-corrected chi connectivity index (χ0v) is 27.5. The lowest BCUT2D eigenvalue weighted by molar-refractivity contribution is 1.63. The van der Waals surface area contributed by atoms with Crippen molar-refractivity contribution in [2.45, 2.75) is 0 Å². The summed E-state index contributed by atoms with van der Waals surface area (Å²) in [5.41, 5.74) is 10.0. The second-order valence-corrected chi connectivity index (χ2v) is 13.2. The van der Waals surface area contributed by atoms with Gasteiger partial charge in [-0.25, -0.2) is 0 Å². The second kappa shape index (κ2) is 11.6. The first-order valence-corrected chi connectivity index (χ1v) is 17.4. The van der Waals surface area contributed by atoms with Gasteiger partial charge in [0.2, 0.25) is 0 Å².